The van der Waals surface area contributed by atoms with E-state index in [1.165, 1.54) is 14.0 Å². The van der Waals surface area contributed by atoms with Crippen LogP contribution in [-0.2, 0) is 9.53 Å². The molecule has 1 atom stereocenters. The third kappa shape index (κ3) is 5.00. The molecule has 0 heterocycles. The van der Waals surface area contributed by atoms with Crippen LogP contribution in [0.1, 0.15) is 22.8 Å². The molecule has 0 saturated carbocycles. The molecule has 0 unspecified atom stereocenters. The molecule has 0 aliphatic carbocycles. The van der Waals surface area contributed by atoms with Gasteiger partial charge >= 0.3 is 5.97 Å². The van der Waals surface area contributed by atoms with E-state index < -0.39 is 18.0 Å². The number of hydrogen-bond acceptors (Lipinski definition) is 5. The van der Waals surface area contributed by atoms with E-state index in [0.29, 0.717) is 11.4 Å². The number of anilines is 1. The number of ether oxygens (including phenoxy) is 2. The van der Waals surface area contributed by atoms with E-state index >= 15 is 0 Å². The van der Waals surface area contributed by atoms with Crippen molar-refractivity contribution in [2.45, 2.75) is 24.8 Å². The van der Waals surface area contributed by atoms with Crippen LogP contribution in [0.15, 0.2) is 47.4 Å². The van der Waals surface area contributed by atoms with Gasteiger partial charge in [-0.1, -0.05) is 17.7 Å². The first kappa shape index (κ1) is 18.9. The molecular weight excluding hydrogens is 338 g/mol. The van der Waals surface area contributed by atoms with Crippen molar-refractivity contribution in [1.82, 2.24) is 0 Å². The maximum atomic E-state index is 12.3. The number of rotatable bonds is 6. The molecule has 5 nitrogen and oxygen atoms in total. The average Bonchev–Trinajstić information content (AvgIpc) is 2.62. The first-order chi connectivity index (χ1) is 11.9. The van der Waals surface area contributed by atoms with Crippen molar-refractivity contribution >= 4 is 29.3 Å². The Labute approximate surface area is 151 Å². The van der Waals surface area contributed by atoms with Gasteiger partial charge in [0, 0.05) is 10.6 Å². The van der Waals surface area contributed by atoms with Crippen molar-refractivity contribution in [2.75, 3.05) is 18.7 Å². The van der Waals surface area contributed by atoms with E-state index in [2.05, 4.69) is 5.32 Å². The summed E-state index contributed by atoms with van der Waals surface area (Å²) >= 11 is 1.54. The van der Waals surface area contributed by atoms with E-state index in [0.717, 1.165) is 10.5 Å². The normalized spacial score (nSPS) is 11.5. The summed E-state index contributed by atoms with van der Waals surface area (Å²) < 4.78 is 10.5. The maximum absolute atomic E-state index is 12.3. The number of aryl methyl sites for hydroxylation is 1. The molecule has 6 heteroatoms. The van der Waals surface area contributed by atoms with Gasteiger partial charge in [0.2, 0.25) is 0 Å². The SMILES string of the molecule is COc1cc(SC)ccc1C(=O)O[C@H](C)C(=O)Nc1ccc(C)cc1. The maximum Gasteiger partial charge on any atom is 0.342 e. The molecule has 0 saturated heterocycles. The van der Waals surface area contributed by atoms with Crippen LogP contribution in [-0.4, -0.2) is 31.3 Å². The number of carbonyl (C=O) groups is 2. The van der Waals surface area contributed by atoms with Crippen LogP contribution in [0.25, 0.3) is 0 Å². The van der Waals surface area contributed by atoms with Gasteiger partial charge in [0.05, 0.1) is 7.11 Å². The topological polar surface area (TPSA) is 64.6 Å². The van der Waals surface area contributed by atoms with Crippen molar-refractivity contribution in [3.63, 3.8) is 0 Å². The van der Waals surface area contributed by atoms with Crippen LogP contribution in [0.5, 0.6) is 5.75 Å². The van der Waals surface area contributed by atoms with E-state index in [-0.39, 0.29) is 5.56 Å². The molecule has 0 spiro atoms. The van der Waals surface area contributed by atoms with Gasteiger partial charge in [0.1, 0.15) is 11.3 Å². The van der Waals surface area contributed by atoms with Crippen LogP contribution in [0.3, 0.4) is 0 Å². The Kier molecular flexibility index (Phi) is 6.47. The lowest BCUT2D eigenvalue weighted by molar-refractivity contribution is -0.123. The predicted octanol–water partition coefficient (Wildman–Crippen LogP) is 3.91. The zero-order valence-corrected chi connectivity index (χ0v) is 15.5. The van der Waals surface area contributed by atoms with E-state index in [1.54, 1.807) is 42.1 Å². The first-order valence-corrected chi connectivity index (χ1v) is 8.97. The van der Waals surface area contributed by atoms with Crippen LogP contribution in [0.2, 0.25) is 0 Å². The summed E-state index contributed by atoms with van der Waals surface area (Å²) in [5.41, 5.74) is 2.04. The van der Waals surface area contributed by atoms with Gasteiger partial charge in [0.25, 0.3) is 5.91 Å². The number of benzene rings is 2. The smallest absolute Gasteiger partial charge is 0.342 e. The standard InChI is InChI=1S/C19H21NO4S/c1-12-5-7-14(8-6-12)20-18(21)13(2)24-19(22)16-10-9-15(25-4)11-17(16)23-3/h5-11,13H,1-4H3,(H,20,21)/t13-/m1/s1. The number of methoxy groups -OCH3 is 1. The number of thioether (sulfide) groups is 1. The highest BCUT2D eigenvalue weighted by Gasteiger charge is 2.21. The minimum Gasteiger partial charge on any atom is -0.496 e. The monoisotopic (exact) mass is 359 g/mol. The fourth-order valence-electron chi connectivity index (χ4n) is 2.13. The van der Waals surface area contributed by atoms with Crippen molar-refractivity contribution in [3.8, 4) is 5.75 Å². The summed E-state index contributed by atoms with van der Waals surface area (Å²) in [4.78, 5) is 25.5. The lowest BCUT2D eigenvalue weighted by Crippen LogP contribution is -2.30. The quantitative estimate of drug-likeness (QED) is 0.626. The second kappa shape index (κ2) is 8.58. The van der Waals surface area contributed by atoms with Crippen LogP contribution in [0, 0.1) is 6.92 Å². The van der Waals surface area contributed by atoms with Gasteiger partial charge < -0.3 is 14.8 Å². The fraction of sp³-hybridized carbons (Fsp3) is 0.263. The van der Waals surface area contributed by atoms with E-state index in [9.17, 15) is 9.59 Å². The molecule has 0 fully saturated rings. The third-order valence-corrected chi connectivity index (χ3v) is 4.33. The summed E-state index contributed by atoms with van der Waals surface area (Å²) in [5.74, 6) is -0.573. The van der Waals surface area contributed by atoms with Gasteiger partial charge in [-0.25, -0.2) is 4.79 Å². The van der Waals surface area contributed by atoms with Crippen LogP contribution in [0.4, 0.5) is 5.69 Å². The van der Waals surface area contributed by atoms with E-state index in [4.69, 9.17) is 9.47 Å². The van der Waals surface area contributed by atoms with Crippen molar-refractivity contribution < 1.29 is 19.1 Å². The molecule has 1 N–H and O–H groups in total. The lowest BCUT2D eigenvalue weighted by atomic mass is 10.2. The summed E-state index contributed by atoms with van der Waals surface area (Å²) in [7, 11) is 1.49. The summed E-state index contributed by atoms with van der Waals surface area (Å²) in [5, 5.41) is 2.72. The van der Waals surface area contributed by atoms with E-state index in [1.807, 2.05) is 25.3 Å². The number of nitrogens with one attached hydrogen (secondary N) is 1. The molecule has 0 radical (unpaired) electrons. The zero-order chi connectivity index (χ0) is 18.4. The Bertz CT molecular complexity index is 759. The third-order valence-electron chi connectivity index (χ3n) is 3.60. The van der Waals surface area contributed by atoms with Crippen LogP contribution < -0.4 is 10.1 Å². The lowest BCUT2D eigenvalue weighted by Gasteiger charge is -2.15. The highest BCUT2D eigenvalue weighted by molar-refractivity contribution is 7.98. The van der Waals surface area contributed by atoms with Crippen molar-refractivity contribution in [1.29, 1.82) is 0 Å². The molecule has 0 aliphatic rings. The molecule has 2 aromatic rings. The summed E-state index contributed by atoms with van der Waals surface area (Å²) in [6, 6.07) is 12.6. The number of amides is 1. The minimum atomic E-state index is -0.932. The number of carbonyl (C=O) groups excluding carboxylic acids is 2. The molecule has 0 aromatic heterocycles. The molecule has 25 heavy (non-hydrogen) atoms. The Morgan fingerprint density at radius 2 is 1.80 bits per heavy atom. The largest absolute Gasteiger partial charge is 0.496 e. The second-order valence-electron chi connectivity index (χ2n) is 5.47. The van der Waals surface area contributed by atoms with Crippen LogP contribution >= 0.6 is 11.8 Å². The average molecular weight is 359 g/mol. The van der Waals surface area contributed by atoms with Gasteiger partial charge in [0.15, 0.2) is 6.10 Å². The van der Waals surface area contributed by atoms with Gasteiger partial charge in [-0.15, -0.1) is 11.8 Å². The van der Waals surface area contributed by atoms with Crippen molar-refractivity contribution in [2.24, 2.45) is 0 Å². The predicted molar refractivity (Wildman–Crippen MR) is 99.5 cm³/mol. The van der Waals surface area contributed by atoms with Crippen molar-refractivity contribution in [3.05, 3.63) is 53.6 Å². The second-order valence-corrected chi connectivity index (χ2v) is 6.35. The molecule has 0 aliphatic heterocycles. The Hall–Kier alpha value is -2.47. The van der Waals surface area contributed by atoms with Gasteiger partial charge in [-0.2, -0.15) is 0 Å². The molecule has 1 amide bonds. The summed E-state index contributed by atoms with van der Waals surface area (Å²) in [6.07, 6.45) is 1.00. The Balaban J connectivity index is 2.04. The molecule has 2 aromatic carbocycles. The first-order valence-electron chi connectivity index (χ1n) is 7.75. The minimum absolute atomic E-state index is 0.287. The summed E-state index contributed by atoms with van der Waals surface area (Å²) in [6.45, 7) is 3.50. The molecular formula is C19H21NO4S. The van der Waals surface area contributed by atoms with Gasteiger partial charge in [-0.05, 0) is 50.4 Å². The Morgan fingerprint density at radius 3 is 2.40 bits per heavy atom. The number of hydrogen-bond donors (Lipinski definition) is 1. The molecule has 0 bridgehead atoms. The highest BCUT2D eigenvalue weighted by atomic mass is 32.2. The highest BCUT2D eigenvalue weighted by Crippen LogP contribution is 2.26. The Morgan fingerprint density at radius 1 is 1.12 bits per heavy atom. The molecule has 2 rings (SSSR count). The molecule has 132 valence electrons. The zero-order valence-electron chi connectivity index (χ0n) is 14.7. The number of esters is 1. The van der Waals surface area contributed by atoms with Gasteiger partial charge in [-0.3, -0.25) is 4.79 Å². The fourth-order valence-corrected chi connectivity index (χ4v) is 2.55.